The second kappa shape index (κ2) is 14.8. The Balaban J connectivity index is 0.00000529. The van der Waals surface area contributed by atoms with Gasteiger partial charge >= 0.3 is 0 Å². The molecule has 0 aliphatic heterocycles. The predicted molar refractivity (Wildman–Crippen MR) is 114 cm³/mol. The van der Waals surface area contributed by atoms with Gasteiger partial charge in [0, 0.05) is 38.7 Å². The predicted octanol–water partition coefficient (Wildman–Crippen LogP) is 3.05. The molecule has 0 heterocycles. The molecule has 138 valence electrons. The molecule has 1 rings (SSSR count). The lowest BCUT2D eigenvalue weighted by Crippen LogP contribution is -2.37. The van der Waals surface area contributed by atoms with Gasteiger partial charge in [-0.15, -0.1) is 35.7 Å². The van der Waals surface area contributed by atoms with Gasteiger partial charge in [-0.25, -0.2) is 0 Å². The molecule has 0 bridgehead atoms. The summed E-state index contributed by atoms with van der Waals surface area (Å²) in [7, 11) is 3.46. The van der Waals surface area contributed by atoms with Gasteiger partial charge in [0.05, 0.1) is 13.2 Å². The number of nitrogens with zero attached hydrogens (tertiary/aromatic N) is 1. The van der Waals surface area contributed by atoms with Crippen molar-refractivity contribution in [2.24, 2.45) is 4.99 Å². The number of rotatable bonds is 10. The number of halogens is 1. The zero-order valence-corrected chi connectivity index (χ0v) is 18.2. The highest BCUT2D eigenvalue weighted by molar-refractivity contribution is 14.0. The number of benzene rings is 1. The normalized spacial score (nSPS) is 11.1. The molecule has 24 heavy (non-hydrogen) atoms. The van der Waals surface area contributed by atoms with Crippen molar-refractivity contribution in [3.05, 3.63) is 29.3 Å². The molecule has 0 spiro atoms. The molecule has 0 saturated carbocycles. The van der Waals surface area contributed by atoms with Crippen LogP contribution in [0, 0.1) is 6.92 Å². The van der Waals surface area contributed by atoms with Crippen molar-refractivity contribution in [1.82, 2.24) is 10.6 Å². The average Bonchev–Trinajstić information content (AvgIpc) is 2.57. The highest BCUT2D eigenvalue weighted by Gasteiger charge is 2.03. The highest BCUT2D eigenvalue weighted by atomic mass is 127. The van der Waals surface area contributed by atoms with Crippen molar-refractivity contribution >= 4 is 41.7 Å². The van der Waals surface area contributed by atoms with Crippen LogP contribution in [0.5, 0.6) is 0 Å². The SMILES string of the molecule is CN=C(NCCCOCCOC)NCc1ccc(C)cc1SC.I. The van der Waals surface area contributed by atoms with Crippen LogP contribution in [-0.4, -0.2) is 52.7 Å². The van der Waals surface area contributed by atoms with Gasteiger partial charge in [0.2, 0.25) is 0 Å². The molecular weight excluding hydrogens is 437 g/mol. The maximum absolute atomic E-state index is 5.43. The van der Waals surface area contributed by atoms with Crippen LogP contribution >= 0.6 is 35.7 Å². The molecule has 0 atom stereocenters. The van der Waals surface area contributed by atoms with Crippen LogP contribution in [0.2, 0.25) is 0 Å². The number of thioether (sulfide) groups is 1. The van der Waals surface area contributed by atoms with E-state index in [0.29, 0.717) is 13.2 Å². The standard InChI is InChI=1S/C17H29N3O2S.HI/c1-14-6-7-15(16(12-14)23-4)13-20-17(18-2)19-8-5-9-22-11-10-21-3;/h6-7,12H,5,8-11,13H2,1-4H3,(H2,18,19,20);1H. The number of hydrogen-bond acceptors (Lipinski definition) is 4. The van der Waals surface area contributed by atoms with E-state index in [9.17, 15) is 0 Å². The monoisotopic (exact) mass is 467 g/mol. The minimum atomic E-state index is 0. The van der Waals surface area contributed by atoms with Gasteiger partial charge in [0.25, 0.3) is 0 Å². The van der Waals surface area contributed by atoms with Gasteiger partial charge in [0.1, 0.15) is 0 Å². The lowest BCUT2D eigenvalue weighted by atomic mass is 10.1. The Morgan fingerprint density at radius 2 is 2.00 bits per heavy atom. The van der Waals surface area contributed by atoms with Crippen molar-refractivity contribution in [3.8, 4) is 0 Å². The summed E-state index contributed by atoms with van der Waals surface area (Å²) >= 11 is 1.77. The third-order valence-corrected chi connectivity index (χ3v) is 4.12. The summed E-state index contributed by atoms with van der Waals surface area (Å²) in [5.74, 6) is 0.814. The maximum Gasteiger partial charge on any atom is 0.191 e. The average molecular weight is 467 g/mol. The van der Waals surface area contributed by atoms with E-state index in [2.05, 4.69) is 47.0 Å². The van der Waals surface area contributed by atoms with E-state index in [-0.39, 0.29) is 24.0 Å². The van der Waals surface area contributed by atoms with E-state index >= 15 is 0 Å². The second-order valence-corrected chi connectivity index (χ2v) is 5.97. The fraction of sp³-hybridized carbons (Fsp3) is 0.588. The molecule has 0 aromatic heterocycles. The molecule has 5 nitrogen and oxygen atoms in total. The summed E-state index contributed by atoms with van der Waals surface area (Å²) in [5.41, 5.74) is 2.57. The number of aryl methyl sites for hydroxylation is 1. The zero-order valence-electron chi connectivity index (χ0n) is 15.1. The fourth-order valence-corrected chi connectivity index (χ4v) is 2.73. The molecule has 0 radical (unpaired) electrons. The topological polar surface area (TPSA) is 54.9 Å². The molecular formula is C17H30IN3O2S. The first-order chi connectivity index (χ1) is 11.2. The smallest absolute Gasteiger partial charge is 0.191 e. The number of ether oxygens (including phenoxy) is 2. The summed E-state index contributed by atoms with van der Waals surface area (Å²) in [6.07, 6.45) is 3.04. The Labute approximate surface area is 167 Å². The Hall–Kier alpha value is -0.510. The highest BCUT2D eigenvalue weighted by Crippen LogP contribution is 2.21. The van der Waals surface area contributed by atoms with Crippen LogP contribution in [-0.2, 0) is 16.0 Å². The lowest BCUT2D eigenvalue weighted by Gasteiger charge is -2.14. The maximum atomic E-state index is 5.43. The second-order valence-electron chi connectivity index (χ2n) is 5.13. The molecule has 2 N–H and O–H groups in total. The van der Waals surface area contributed by atoms with E-state index < -0.39 is 0 Å². The van der Waals surface area contributed by atoms with Gasteiger partial charge in [-0.2, -0.15) is 0 Å². The molecule has 0 unspecified atom stereocenters. The van der Waals surface area contributed by atoms with Crippen LogP contribution in [0.25, 0.3) is 0 Å². The molecule has 0 fully saturated rings. The molecule has 0 saturated heterocycles. The molecule has 1 aromatic rings. The van der Waals surface area contributed by atoms with Crippen molar-refractivity contribution in [1.29, 1.82) is 0 Å². The lowest BCUT2D eigenvalue weighted by molar-refractivity contribution is 0.0698. The van der Waals surface area contributed by atoms with Gasteiger partial charge < -0.3 is 20.1 Å². The number of methoxy groups -OCH3 is 1. The van der Waals surface area contributed by atoms with Crippen molar-refractivity contribution in [3.63, 3.8) is 0 Å². The van der Waals surface area contributed by atoms with Crippen LogP contribution in [0.15, 0.2) is 28.1 Å². The van der Waals surface area contributed by atoms with E-state index in [1.165, 1.54) is 16.0 Å². The Morgan fingerprint density at radius 1 is 1.21 bits per heavy atom. The van der Waals surface area contributed by atoms with Gasteiger partial charge in [0.15, 0.2) is 5.96 Å². The summed E-state index contributed by atoms with van der Waals surface area (Å²) in [4.78, 5) is 5.56. The number of aliphatic imine (C=N–C) groups is 1. The van der Waals surface area contributed by atoms with E-state index in [1.807, 2.05) is 0 Å². The zero-order chi connectivity index (χ0) is 16.9. The Bertz CT molecular complexity index is 487. The minimum absolute atomic E-state index is 0. The van der Waals surface area contributed by atoms with E-state index in [1.54, 1.807) is 25.9 Å². The van der Waals surface area contributed by atoms with Crippen molar-refractivity contribution < 1.29 is 9.47 Å². The first-order valence-electron chi connectivity index (χ1n) is 7.86. The van der Waals surface area contributed by atoms with Crippen LogP contribution < -0.4 is 10.6 Å². The quantitative estimate of drug-likeness (QED) is 0.182. The fourth-order valence-electron chi connectivity index (χ4n) is 2.02. The first kappa shape index (κ1) is 23.5. The number of guanidine groups is 1. The molecule has 7 heteroatoms. The number of hydrogen-bond donors (Lipinski definition) is 2. The van der Waals surface area contributed by atoms with Crippen LogP contribution in [0.3, 0.4) is 0 Å². The Kier molecular flexibility index (Phi) is 14.5. The molecule has 1 aromatic carbocycles. The Morgan fingerprint density at radius 3 is 2.67 bits per heavy atom. The summed E-state index contributed by atoms with van der Waals surface area (Å²) in [5, 5.41) is 6.66. The van der Waals surface area contributed by atoms with Crippen molar-refractivity contribution in [2.45, 2.75) is 24.8 Å². The third-order valence-electron chi connectivity index (χ3n) is 3.30. The number of nitrogens with one attached hydrogen (secondary N) is 2. The largest absolute Gasteiger partial charge is 0.382 e. The molecule has 0 amide bonds. The summed E-state index contributed by atoms with van der Waals surface area (Å²) in [6, 6.07) is 6.53. The van der Waals surface area contributed by atoms with Crippen LogP contribution in [0.1, 0.15) is 17.5 Å². The summed E-state index contributed by atoms with van der Waals surface area (Å²) in [6.45, 7) is 5.73. The van der Waals surface area contributed by atoms with Gasteiger partial charge in [-0.1, -0.05) is 12.1 Å². The third kappa shape index (κ3) is 9.71. The first-order valence-corrected chi connectivity index (χ1v) is 9.08. The van der Waals surface area contributed by atoms with E-state index in [0.717, 1.165) is 32.1 Å². The van der Waals surface area contributed by atoms with Gasteiger partial charge in [-0.05, 0) is 36.8 Å². The molecule has 0 aliphatic carbocycles. The van der Waals surface area contributed by atoms with Crippen LogP contribution in [0.4, 0.5) is 0 Å². The van der Waals surface area contributed by atoms with Gasteiger partial charge in [-0.3, -0.25) is 4.99 Å². The van der Waals surface area contributed by atoms with E-state index in [4.69, 9.17) is 9.47 Å². The summed E-state index contributed by atoms with van der Waals surface area (Å²) < 4.78 is 10.4. The van der Waals surface area contributed by atoms with Crippen molar-refractivity contribution in [2.75, 3.05) is 46.8 Å². The molecule has 0 aliphatic rings. The minimum Gasteiger partial charge on any atom is -0.382 e.